The zero-order valence-corrected chi connectivity index (χ0v) is 10.1. The maximum Gasteiger partial charge on any atom is 0.310 e. The van der Waals surface area contributed by atoms with Gasteiger partial charge in [-0.3, -0.25) is 14.4 Å². The largest absolute Gasteiger partial charge is 0.481 e. The Morgan fingerprint density at radius 3 is 2.59 bits per heavy atom. The van der Waals surface area contributed by atoms with Gasteiger partial charge in [-0.15, -0.1) is 11.3 Å². The molecule has 0 aliphatic carbocycles. The Hall–Kier alpha value is -1.69. The Kier molecular flexibility index (Phi) is 4.84. The maximum atomic E-state index is 11.5. The van der Waals surface area contributed by atoms with E-state index in [9.17, 15) is 14.4 Å². The van der Waals surface area contributed by atoms with Crippen molar-refractivity contribution in [2.75, 3.05) is 7.11 Å². The molecule has 1 aromatic heterocycles. The first-order valence-corrected chi connectivity index (χ1v) is 5.75. The zero-order valence-electron chi connectivity index (χ0n) is 9.26. The molecule has 0 aliphatic rings. The maximum absolute atomic E-state index is 11.5. The third-order valence-corrected chi connectivity index (χ3v) is 3.17. The number of ether oxygens (including phenoxy) is 1. The van der Waals surface area contributed by atoms with E-state index in [2.05, 4.69) is 4.74 Å². The molecule has 0 radical (unpaired) electrons. The van der Waals surface area contributed by atoms with E-state index in [1.807, 2.05) is 0 Å². The molecule has 1 N–H and O–H groups in total. The lowest BCUT2D eigenvalue weighted by Gasteiger charge is -1.95. The number of carbonyl (C=O) groups excluding carboxylic acids is 2. The van der Waals surface area contributed by atoms with Gasteiger partial charge < -0.3 is 9.84 Å². The van der Waals surface area contributed by atoms with Crippen molar-refractivity contribution in [3.63, 3.8) is 0 Å². The molecule has 0 unspecified atom stereocenters. The molecule has 0 amide bonds. The predicted octanol–water partition coefficient (Wildman–Crippen LogP) is 1.51. The highest BCUT2D eigenvalue weighted by Gasteiger charge is 2.12. The molecule has 92 valence electrons. The normalized spacial score (nSPS) is 9.94. The van der Waals surface area contributed by atoms with E-state index >= 15 is 0 Å². The van der Waals surface area contributed by atoms with Crippen LogP contribution >= 0.6 is 11.3 Å². The standard InChI is InChI=1S/C11H12O5S/c1-16-11(15)6-7-2-4-9(17-7)8(12)3-5-10(13)14/h2,4H,3,5-6H2,1H3,(H,13,14). The molecule has 0 atom stereocenters. The number of hydrogen-bond acceptors (Lipinski definition) is 5. The van der Waals surface area contributed by atoms with Gasteiger partial charge in [-0.1, -0.05) is 0 Å². The number of esters is 1. The number of methoxy groups -OCH3 is 1. The topological polar surface area (TPSA) is 80.7 Å². The number of carboxylic acids is 1. The average Bonchev–Trinajstić information content (AvgIpc) is 2.74. The van der Waals surface area contributed by atoms with E-state index < -0.39 is 5.97 Å². The number of aliphatic carboxylic acids is 1. The second-order valence-electron chi connectivity index (χ2n) is 3.34. The van der Waals surface area contributed by atoms with Crippen molar-refractivity contribution < 1.29 is 24.2 Å². The molecule has 6 heteroatoms. The quantitative estimate of drug-likeness (QED) is 0.616. The average molecular weight is 256 g/mol. The van der Waals surface area contributed by atoms with Crippen LogP contribution in [0.1, 0.15) is 27.4 Å². The van der Waals surface area contributed by atoms with E-state index in [-0.39, 0.29) is 31.0 Å². The highest BCUT2D eigenvalue weighted by molar-refractivity contribution is 7.14. The molecule has 0 saturated carbocycles. The fraction of sp³-hybridized carbons (Fsp3) is 0.364. The molecule has 0 bridgehead atoms. The Bertz CT molecular complexity index is 435. The summed E-state index contributed by atoms with van der Waals surface area (Å²) in [5.74, 6) is -1.57. The van der Waals surface area contributed by atoms with Gasteiger partial charge in [0.1, 0.15) is 0 Å². The molecule has 1 heterocycles. The number of ketones is 1. The van der Waals surface area contributed by atoms with Crippen molar-refractivity contribution in [1.29, 1.82) is 0 Å². The first kappa shape index (κ1) is 13.4. The van der Waals surface area contributed by atoms with Crippen LogP contribution in [0.25, 0.3) is 0 Å². The minimum Gasteiger partial charge on any atom is -0.481 e. The lowest BCUT2D eigenvalue weighted by atomic mass is 10.2. The summed E-state index contributed by atoms with van der Waals surface area (Å²) in [5.41, 5.74) is 0. The number of carboxylic acid groups (broad SMARTS) is 1. The van der Waals surface area contributed by atoms with Crippen LogP contribution in [0.4, 0.5) is 0 Å². The molecule has 17 heavy (non-hydrogen) atoms. The van der Waals surface area contributed by atoms with Gasteiger partial charge in [0.2, 0.25) is 0 Å². The Morgan fingerprint density at radius 1 is 1.29 bits per heavy atom. The van der Waals surface area contributed by atoms with Crippen LogP contribution in [0.3, 0.4) is 0 Å². The van der Waals surface area contributed by atoms with E-state index in [1.54, 1.807) is 12.1 Å². The molecular weight excluding hydrogens is 244 g/mol. The van der Waals surface area contributed by atoms with Gasteiger partial charge in [-0.25, -0.2) is 0 Å². The summed E-state index contributed by atoms with van der Waals surface area (Å²) in [4.78, 5) is 34.1. The van der Waals surface area contributed by atoms with Crippen LogP contribution in [0.15, 0.2) is 12.1 Å². The van der Waals surface area contributed by atoms with Crippen molar-refractivity contribution in [2.24, 2.45) is 0 Å². The van der Waals surface area contributed by atoms with Gasteiger partial charge in [0.25, 0.3) is 0 Å². The minimum atomic E-state index is -0.996. The summed E-state index contributed by atoms with van der Waals surface area (Å²) in [6.45, 7) is 0. The van der Waals surface area contributed by atoms with E-state index in [0.29, 0.717) is 4.88 Å². The number of Topliss-reactive ketones (excluding diaryl/α,β-unsaturated/α-hetero) is 1. The fourth-order valence-electron chi connectivity index (χ4n) is 1.18. The molecule has 0 aromatic carbocycles. The Balaban J connectivity index is 2.58. The lowest BCUT2D eigenvalue weighted by molar-refractivity contribution is -0.140. The third kappa shape index (κ3) is 4.36. The van der Waals surface area contributed by atoms with Gasteiger partial charge in [0, 0.05) is 11.3 Å². The second kappa shape index (κ2) is 6.15. The van der Waals surface area contributed by atoms with Crippen molar-refractivity contribution in [3.05, 3.63) is 21.9 Å². The van der Waals surface area contributed by atoms with Gasteiger partial charge in [-0.2, -0.15) is 0 Å². The zero-order chi connectivity index (χ0) is 12.8. The van der Waals surface area contributed by atoms with E-state index in [4.69, 9.17) is 5.11 Å². The fourth-order valence-corrected chi connectivity index (χ4v) is 2.14. The van der Waals surface area contributed by atoms with Crippen LogP contribution < -0.4 is 0 Å². The molecule has 0 saturated heterocycles. The number of rotatable bonds is 6. The Labute approximate surface area is 102 Å². The predicted molar refractivity (Wildman–Crippen MR) is 61.2 cm³/mol. The molecule has 1 aromatic rings. The number of hydrogen-bond donors (Lipinski definition) is 1. The Morgan fingerprint density at radius 2 is 2.00 bits per heavy atom. The van der Waals surface area contributed by atoms with Gasteiger partial charge in [0.15, 0.2) is 5.78 Å². The van der Waals surface area contributed by atoms with Crippen LogP contribution in [-0.4, -0.2) is 29.9 Å². The monoisotopic (exact) mass is 256 g/mol. The van der Waals surface area contributed by atoms with Crippen LogP contribution in [0.2, 0.25) is 0 Å². The van der Waals surface area contributed by atoms with Crippen molar-refractivity contribution in [2.45, 2.75) is 19.3 Å². The molecule has 5 nitrogen and oxygen atoms in total. The lowest BCUT2D eigenvalue weighted by Crippen LogP contribution is -2.03. The van der Waals surface area contributed by atoms with Crippen molar-refractivity contribution >= 4 is 29.1 Å². The summed E-state index contributed by atoms with van der Waals surface area (Å²) in [6.07, 6.45) is -0.0655. The second-order valence-corrected chi connectivity index (χ2v) is 4.50. The summed E-state index contributed by atoms with van der Waals surface area (Å²) >= 11 is 1.19. The summed E-state index contributed by atoms with van der Waals surface area (Å²) in [6, 6.07) is 3.28. The van der Waals surface area contributed by atoms with Gasteiger partial charge in [-0.05, 0) is 12.1 Å². The molecular formula is C11H12O5S. The molecule has 0 fully saturated rings. The molecule has 0 spiro atoms. The van der Waals surface area contributed by atoms with Gasteiger partial charge in [0.05, 0.1) is 24.8 Å². The first-order valence-electron chi connectivity index (χ1n) is 4.93. The summed E-state index contributed by atoms with van der Waals surface area (Å²) < 4.78 is 4.51. The number of carbonyl (C=O) groups is 3. The van der Waals surface area contributed by atoms with Crippen LogP contribution in [0, 0.1) is 0 Å². The highest BCUT2D eigenvalue weighted by Crippen LogP contribution is 2.19. The van der Waals surface area contributed by atoms with Crippen molar-refractivity contribution in [3.8, 4) is 0 Å². The summed E-state index contributed by atoms with van der Waals surface area (Å²) in [7, 11) is 1.30. The molecule has 0 aliphatic heterocycles. The van der Waals surface area contributed by atoms with Crippen molar-refractivity contribution in [1.82, 2.24) is 0 Å². The van der Waals surface area contributed by atoms with Gasteiger partial charge >= 0.3 is 11.9 Å². The van der Waals surface area contributed by atoms with E-state index in [0.717, 1.165) is 4.88 Å². The third-order valence-electron chi connectivity index (χ3n) is 2.05. The molecule has 1 rings (SSSR count). The smallest absolute Gasteiger partial charge is 0.310 e. The van der Waals surface area contributed by atoms with Crippen LogP contribution in [-0.2, 0) is 20.7 Å². The summed E-state index contributed by atoms with van der Waals surface area (Å²) in [5, 5.41) is 8.46. The SMILES string of the molecule is COC(=O)Cc1ccc(C(=O)CCC(=O)O)s1. The van der Waals surface area contributed by atoms with Crippen LogP contribution in [0.5, 0.6) is 0 Å². The van der Waals surface area contributed by atoms with E-state index in [1.165, 1.54) is 18.4 Å². The highest BCUT2D eigenvalue weighted by atomic mass is 32.1. The number of thiophene rings is 1. The minimum absolute atomic E-state index is 0.0203. The first-order chi connectivity index (χ1) is 8.02.